The van der Waals surface area contributed by atoms with Crippen LogP contribution >= 0.6 is 11.8 Å². The lowest BCUT2D eigenvalue weighted by Crippen LogP contribution is -2.13. The summed E-state index contributed by atoms with van der Waals surface area (Å²) in [7, 11) is 0. The highest BCUT2D eigenvalue weighted by Crippen LogP contribution is 2.42. The molecule has 1 aromatic rings. The molecule has 3 nitrogen and oxygen atoms in total. The minimum absolute atomic E-state index is 0.0581. The molecule has 0 aliphatic carbocycles. The Balaban J connectivity index is 2.95. The summed E-state index contributed by atoms with van der Waals surface area (Å²) < 4.78 is 5.21. The minimum atomic E-state index is -0.184. The Morgan fingerprint density at radius 2 is 1.70 bits per heavy atom. The molecule has 0 amide bonds. The van der Waals surface area contributed by atoms with Gasteiger partial charge in [0.15, 0.2) is 0 Å². The zero-order valence-corrected chi connectivity index (χ0v) is 18.4. The standard InChI is InChI=1S/C23H38O3S/c1-5-8-10-12-19(13-11-9-6-2)27-22(17-23(25)26-7-3)20-16-18(4)14-15-21(20)24/h14-16,19,22,24H,5-13,17H2,1-4H3. The van der Waals surface area contributed by atoms with Gasteiger partial charge in [-0.2, -0.15) is 0 Å². The molecule has 0 bridgehead atoms. The summed E-state index contributed by atoms with van der Waals surface area (Å²) in [5.74, 6) is 0.0973. The van der Waals surface area contributed by atoms with Crippen LogP contribution in [0.3, 0.4) is 0 Å². The van der Waals surface area contributed by atoms with E-state index in [0.29, 0.717) is 18.3 Å². The number of benzene rings is 1. The van der Waals surface area contributed by atoms with Crippen LogP contribution in [0.25, 0.3) is 0 Å². The van der Waals surface area contributed by atoms with E-state index in [1.54, 1.807) is 6.07 Å². The number of phenolic OH excluding ortho intramolecular Hbond substituents is 1. The van der Waals surface area contributed by atoms with Crippen molar-refractivity contribution in [1.29, 1.82) is 0 Å². The van der Waals surface area contributed by atoms with Crippen molar-refractivity contribution in [1.82, 2.24) is 0 Å². The fraction of sp³-hybridized carbons (Fsp3) is 0.696. The van der Waals surface area contributed by atoms with E-state index in [0.717, 1.165) is 11.1 Å². The van der Waals surface area contributed by atoms with Gasteiger partial charge in [0, 0.05) is 16.1 Å². The van der Waals surface area contributed by atoms with Crippen molar-refractivity contribution in [2.75, 3.05) is 6.61 Å². The third-order valence-corrected chi connectivity index (χ3v) is 6.41. The lowest BCUT2D eigenvalue weighted by molar-refractivity contribution is -0.143. The number of unbranched alkanes of at least 4 members (excludes halogenated alkanes) is 4. The van der Waals surface area contributed by atoms with E-state index in [2.05, 4.69) is 13.8 Å². The number of ether oxygens (including phenoxy) is 1. The van der Waals surface area contributed by atoms with E-state index >= 15 is 0 Å². The topological polar surface area (TPSA) is 46.5 Å². The number of carbonyl (C=O) groups excluding carboxylic acids is 1. The first-order valence-corrected chi connectivity index (χ1v) is 11.6. The molecule has 1 atom stereocenters. The third kappa shape index (κ3) is 9.55. The Morgan fingerprint density at radius 3 is 2.26 bits per heavy atom. The summed E-state index contributed by atoms with van der Waals surface area (Å²) in [6.07, 6.45) is 10.1. The van der Waals surface area contributed by atoms with Crippen LogP contribution in [0, 0.1) is 6.92 Å². The lowest BCUT2D eigenvalue weighted by atomic mass is 10.1. The van der Waals surface area contributed by atoms with E-state index in [1.807, 2.05) is 37.7 Å². The molecule has 0 fully saturated rings. The maximum absolute atomic E-state index is 12.2. The van der Waals surface area contributed by atoms with Gasteiger partial charge >= 0.3 is 5.97 Å². The van der Waals surface area contributed by atoms with Crippen molar-refractivity contribution >= 4 is 17.7 Å². The number of thioether (sulfide) groups is 1. The maximum Gasteiger partial charge on any atom is 0.307 e. The van der Waals surface area contributed by atoms with Gasteiger partial charge in [0.1, 0.15) is 5.75 Å². The summed E-state index contributed by atoms with van der Waals surface area (Å²) in [6, 6.07) is 5.67. The molecule has 4 heteroatoms. The van der Waals surface area contributed by atoms with Crippen molar-refractivity contribution in [3.63, 3.8) is 0 Å². The highest BCUT2D eigenvalue weighted by Gasteiger charge is 2.24. The molecule has 154 valence electrons. The molecule has 0 radical (unpaired) electrons. The molecule has 0 heterocycles. The van der Waals surface area contributed by atoms with E-state index in [9.17, 15) is 9.90 Å². The van der Waals surface area contributed by atoms with Crippen molar-refractivity contribution in [2.24, 2.45) is 0 Å². The van der Waals surface area contributed by atoms with Gasteiger partial charge in [-0.15, -0.1) is 11.8 Å². The van der Waals surface area contributed by atoms with Gasteiger partial charge < -0.3 is 9.84 Å². The predicted molar refractivity (Wildman–Crippen MR) is 116 cm³/mol. The van der Waals surface area contributed by atoms with Gasteiger partial charge in [-0.3, -0.25) is 4.79 Å². The molecule has 0 saturated carbocycles. The average Bonchev–Trinajstić information content (AvgIpc) is 2.63. The van der Waals surface area contributed by atoms with E-state index in [-0.39, 0.29) is 17.0 Å². The maximum atomic E-state index is 12.2. The molecule has 1 unspecified atom stereocenters. The number of phenols is 1. The zero-order chi connectivity index (χ0) is 20.1. The summed E-state index contributed by atoms with van der Waals surface area (Å²) in [6.45, 7) is 8.71. The van der Waals surface area contributed by atoms with Gasteiger partial charge in [0.25, 0.3) is 0 Å². The highest BCUT2D eigenvalue weighted by molar-refractivity contribution is 8.00. The van der Waals surface area contributed by atoms with E-state index in [1.165, 1.54) is 51.4 Å². The normalized spacial score (nSPS) is 12.3. The molecule has 0 aliphatic heterocycles. The molecular formula is C23H38O3S. The second-order valence-electron chi connectivity index (χ2n) is 7.31. The van der Waals surface area contributed by atoms with Crippen LogP contribution in [0.4, 0.5) is 0 Å². The largest absolute Gasteiger partial charge is 0.508 e. The number of carbonyl (C=O) groups is 1. The van der Waals surface area contributed by atoms with Crippen LogP contribution in [0.1, 0.15) is 94.9 Å². The second kappa shape index (κ2) is 13.9. The van der Waals surface area contributed by atoms with Crippen LogP contribution in [0.15, 0.2) is 18.2 Å². The van der Waals surface area contributed by atoms with Gasteiger partial charge in [-0.05, 0) is 32.8 Å². The molecule has 0 saturated heterocycles. The molecule has 0 aliphatic rings. The van der Waals surface area contributed by atoms with Gasteiger partial charge in [0.05, 0.1) is 13.0 Å². The quantitative estimate of drug-likeness (QED) is 0.274. The van der Waals surface area contributed by atoms with Gasteiger partial charge in [-0.1, -0.05) is 70.1 Å². The summed E-state index contributed by atoms with van der Waals surface area (Å²) in [5.41, 5.74) is 1.97. The summed E-state index contributed by atoms with van der Waals surface area (Å²) in [5, 5.41) is 10.9. The lowest BCUT2D eigenvalue weighted by Gasteiger charge is -2.24. The number of esters is 1. The van der Waals surface area contributed by atoms with Crippen molar-refractivity contribution < 1.29 is 14.6 Å². The first kappa shape index (κ1) is 23.9. The molecule has 1 N–H and O–H groups in total. The van der Waals surface area contributed by atoms with Crippen molar-refractivity contribution in [3.05, 3.63) is 29.3 Å². The van der Waals surface area contributed by atoms with Crippen LogP contribution in [0.2, 0.25) is 0 Å². The predicted octanol–water partition coefficient (Wildman–Crippen LogP) is 6.96. The number of hydrogen-bond donors (Lipinski definition) is 1. The Labute approximate surface area is 170 Å². The Bertz CT molecular complexity index is 534. The monoisotopic (exact) mass is 394 g/mol. The summed E-state index contributed by atoms with van der Waals surface area (Å²) >= 11 is 1.86. The number of hydrogen-bond acceptors (Lipinski definition) is 4. The zero-order valence-electron chi connectivity index (χ0n) is 17.6. The molecule has 1 aromatic carbocycles. The first-order chi connectivity index (χ1) is 13.0. The number of aryl methyl sites for hydroxylation is 1. The average molecular weight is 395 g/mol. The van der Waals surface area contributed by atoms with Crippen molar-refractivity contribution in [2.45, 2.75) is 96.0 Å². The van der Waals surface area contributed by atoms with E-state index < -0.39 is 0 Å². The third-order valence-electron chi connectivity index (χ3n) is 4.80. The SMILES string of the molecule is CCCCCC(CCCCC)SC(CC(=O)OCC)c1cc(C)ccc1O. The van der Waals surface area contributed by atoms with Crippen LogP contribution in [0.5, 0.6) is 5.75 Å². The molecule has 0 spiro atoms. The second-order valence-corrected chi connectivity index (χ2v) is 8.82. The Kier molecular flexibility index (Phi) is 12.3. The smallest absolute Gasteiger partial charge is 0.307 e. The molecule has 27 heavy (non-hydrogen) atoms. The van der Waals surface area contributed by atoms with Crippen LogP contribution < -0.4 is 0 Å². The van der Waals surface area contributed by atoms with E-state index in [4.69, 9.17) is 4.74 Å². The summed E-state index contributed by atoms with van der Waals surface area (Å²) in [4.78, 5) is 12.2. The van der Waals surface area contributed by atoms with Crippen LogP contribution in [-0.2, 0) is 9.53 Å². The number of aromatic hydroxyl groups is 1. The minimum Gasteiger partial charge on any atom is -0.508 e. The number of rotatable bonds is 14. The first-order valence-electron chi connectivity index (χ1n) is 10.6. The van der Waals surface area contributed by atoms with Gasteiger partial charge in [-0.25, -0.2) is 0 Å². The fourth-order valence-corrected chi connectivity index (χ4v) is 4.93. The molecule has 0 aromatic heterocycles. The molecule has 1 rings (SSSR count). The fourth-order valence-electron chi connectivity index (χ4n) is 3.29. The Morgan fingerprint density at radius 1 is 1.07 bits per heavy atom. The highest BCUT2D eigenvalue weighted by atomic mass is 32.2. The Hall–Kier alpha value is -1.16. The van der Waals surface area contributed by atoms with Gasteiger partial charge in [0.2, 0.25) is 0 Å². The van der Waals surface area contributed by atoms with Crippen molar-refractivity contribution in [3.8, 4) is 5.75 Å². The van der Waals surface area contributed by atoms with Crippen LogP contribution in [-0.4, -0.2) is 22.9 Å². The molecular weight excluding hydrogens is 356 g/mol.